The molecule has 0 aliphatic carbocycles. The molecule has 0 rings (SSSR count). The van der Waals surface area contributed by atoms with Gasteiger partial charge in [0.25, 0.3) is 0 Å². The van der Waals surface area contributed by atoms with Gasteiger partial charge in [-0.3, -0.25) is 14.7 Å². The van der Waals surface area contributed by atoms with Gasteiger partial charge in [0.1, 0.15) is 6.29 Å². The number of nitrogens with zero attached hydrogens (tertiary/aromatic N) is 3. The first-order valence-electron chi connectivity index (χ1n) is 12.6. The molecule has 0 spiro atoms. The van der Waals surface area contributed by atoms with Crippen LogP contribution < -0.4 is 0 Å². The summed E-state index contributed by atoms with van der Waals surface area (Å²) in [5.41, 5.74) is 0. The van der Waals surface area contributed by atoms with Gasteiger partial charge in [-0.25, -0.2) is 0 Å². The van der Waals surface area contributed by atoms with Crippen LogP contribution in [-0.4, -0.2) is 130 Å². The van der Waals surface area contributed by atoms with Crippen LogP contribution in [0.1, 0.15) is 71.6 Å². The number of hydrogen-bond donors (Lipinski definition) is 6. The summed E-state index contributed by atoms with van der Waals surface area (Å²) < 4.78 is 0. The quantitative estimate of drug-likeness (QED) is 0.137. The number of likely N-dealkylation sites (N-methyl/N-ethyl adjacent to an activating group) is 2. The van der Waals surface area contributed by atoms with Gasteiger partial charge in [-0.15, -0.1) is 0 Å². The monoisotopic (exact) mass is 479 g/mol. The van der Waals surface area contributed by atoms with Crippen molar-refractivity contribution in [3.05, 3.63) is 0 Å². The largest absolute Gasteiger partial charge is 0.393 e. The molecule has 0 fully saturated rings. The van der Waals surface area contributed by atoms with Crippen molar-refractivity contribution in [1.82, 2.24) is 14.7 Å². The zero-order valence-corrected chi connectivity index (χ0v) is 21.8. The summed E-state index contributed by atoms with van der Waals surface area (Å²) in [6, 6.07) is 0. The van der Waals surface area contributed by atoms with E-state index < -0.39 is 36.6 Å². The number of rotatable bonds is 20. The van der Waals surface area contributed by atoms with Crippen molar-refractivity contribution in [1.29, 1.82) is 0 Å². The highest BCUT2D eigenvalue weighted by molar-refractivity contribution is 4.75. The third-order valence-electron chi connectivity index (χ3n) is 6.05. The van der Waals surface area contributed by atoms with Crippen molar-refractivity contribution in [2.45, 2.75) is 115 Å². The van der Waals surface area contributed by atoms with Crippen LogP contribution in [0.4, 0.5) is 0 Å². The number of aliphatic hydroxyl groups excluding tert-OH is 6. The lowest BCUT2D eigenvalue weighted by Crippen LogP contribution is -2.56. The van der Waals surface area contributed by atoms with E-state index in [1.807, 2.05) is 56.7 Å². The summed E-state index contributed by atoms with van der Waals surface area (Å²) in [6.07, 6.45) is 0.972. The Balaban J connectivity index is 4.51. The summed E-state index contributed by atoms with van der Waals surface area (Å²) in [4.78, 5) is 5.95. The van der Waals surface area contributed by atoms with Gasteiger partial charge in [-0.05, 0) is 66.7 Å². The normalized spacial score (nSPS) is 19.0. The van der Waals surface area contributed by atoms with Crippen LogP contribution >= 0.6 is 0 Å². The maximum atomic E-state index is 10.5. The molecule has 0 amide bonds. The molecule has 0 radical (unpaired) electrons. The zero-order chi connectivity index (χ0) is 25.6. The minimum Gasteiger partial charge on any atom is -0.393 e. The predicted molar refractivity (Wildman–Crippen MR) is 132 cm³/mol. The van der Waals surface area contributed by atoms with Crippen molar-refractivity contribution in [3.63, 3.8) is 0 Å². The van der Waals surface area contributed by atoms with Crippen LogP contribution in [0.3, 0.4) is 0 Å². The van der Waals surface area contributed by atoms with Gasteiger partial charge in [0, 0.05) is 25.9 Å². The molecule has 0 aromatic heterocycles. The Morgan fingerprint density at radius 3 is 1.30 bits per heavy atom. The van der Waals surface area contributed by atoms with Crippen LogP contribution in [0.5, 0.6) is 0 Å². The van der Waals surface area contributed by atoms with Gasteiger partial charge in [-0.1, -0.05) is 20.3 Å². The zero-order valence-electron chi connectivity index (χ0n) is 21.8. The lowest BCUT2D eigenvalue weighted by atomic mass is 10.0. The second kappa shape index (κ2) is 18.0. The molecular formula is C24H53N3O6. The maximum Gasteiger partial charge on any atom is 0.118 e. The lowest BCUT2D eigenvalue weighted by molar-refractivity contribution is -0.0627. The third kappa shape index (κ3) is 15.3. The Morgan fingerprint density at radius 2 is 0.939 bits per heavy atom. The van der Waals surface area contributed by atoms with Gasteiger partial charge in [-0.2, -0.15) is 0 Å². The van der Waals surface area contributed by atoms with Gasteiger partial charge in [0.05, 0.1) is 36.6 Å². The molecule has 9 nitrogen and oxygen atoms in total. The molecule has 0 saturated heterocycles. The van der Waals surface area contributed by atoms with E-state index >= 15 is 0 Å². The second-order valence-electron chi connectivity index (χ2n) is 9.95. The summed E-state index contributed by atoms with van der Waals surface area (Å²) >= 11 is 0. The number of aliphatic hydroxyl groups is 6. The third-order valence-corrected chi connectivity index (χ3v) is 6.05. The Kier molecular flexibility index (Phi) is 17.8. The van der Waals surface area contributed by atoms with Crippen molar-refractivity contribution in [2.75, 3.05) is 41.3 Å². The standard InChI is InChI=1S/C24H53N3O6/c1-7-10-19(29)14-22(32)16-26(5)24(25(3)4)27(6)17-23(33)15-21(31)12-9-11-20(30)13-18(28)8-2/h18-24,28-33H,7-17H2,1-6H3. The van der Waals surface area contributed by atoms with E-state index in [2.05, 4.69) is 0 Å². The molecule has 0 aliphatic heterocycles. The highest BCUT2D eigenvalue weighted by Gasteiger charge is 2.26. The Hall–Kier alpha value is -0.360. The molecular weight excluding hydrogens is 426 g/mol. The maximum absolute atomic E-state index is 10.5. The fraction of sp³-hybridized carbons (Fsp3) is 1.00. The van der Waals surface area contributed by atoms with E-state index in [0.717, 1.165) is 6.42 Å². The summed E-state index contributed by atoms with van der Waals surface area (Å²) in [7, 11) is 7.65. The minimum absolute atomic E-state index is 0.171. The van der Waals surface area contributed by atoms with E-state index in [4.69, 9.17) is 0 Å². The van der Waals surface area contributed by atoms with E-state index in [9.17, 15) is 30.6 Å². The lowest BCUT2D eigenvalue weighted by Gasteiger charge is -2.41. The molecule has 6 N–H and O–H groups in total. The molecule has 0 heterocycles. The van der Waals surface area contributed by atoms with E-state index in [0.29, 0.717) is 58.0 Å². The molecule has 0 aliphatic rings. The molecule has 0 bridgehead atoms. The Labute approximate surface area is 201 Å². The first kappa shape index (κ1) is 32.6. The summed E-state index contributed by atoms with van der Waals surface area (Å²) in [5, 5.41) is 60.6. The smallest absolute Gasteiger partial charge is 0.118 e. The number of hydrogen-bond acceptors (Lipinski definition) is 9. The minimum atomic E-state index is -0.719. The fourth-order valence-electron chi connectivity index (χ4n) is 4.51. The Morgan fingerprint density at radius 1 is 0.545 bits per heavy atom. The average Bonchev–Trinajstić information content (AvgIpc) is 2.66. The van der Waals surface area contributed by atoms with E-state index in [1.54, 1.807) is 0 Å². The van der Waals surface area contributed by atoms with Crippen molar-refractivity contribution in [2.24, 2.45) is 0 Å². The van der Waals surface area contributed by atoms with Crippen LogP contribution in [0.25, 0.3) is 0 Å². The van der Waals surface area contributed by atoms with Crippen LogP contribution in [-0.2, 0) is 0 Å². The van der Waals surface area contributed by atoms with Gasteiger partial charge >= 0.3 is 0 Å². The first-order valence-corrected chi connectivity index (χ1v) is 12.6. The Bertz CT molecular complexity index is 473. The summed E-state index contributed by atoms with van der Waals surface area (Å²) in [5.74, 6) is 0. The predicted octanol–water partition coefficient (Wildman–Crippen LogP) is 0.411. The molecule has 0 saturated carbocycles. The molecule has 0 aromatic carbocycles. The van der Waals surface area contributed by atoms with Crippen molar-refractivity contribution >= 4 is 0 Å². The highest BCUT2D eigenvalue weighted by Crippen LogP contribution is 2.15. The van der Waals surface area contributed by atoms with Crippen molar-refractivity contribution in [3.8, 4) is 0 Å². The van der Waals surface area contributed by atoms with Gasteiger partial charge in [0.2, 0.25) is 0 Å². The SMILES string of the molecule is CCCC(O)CC(O)CN(C)C(N(C)C)N(C)CC(O)CC(O)CCCC(O)CC(O)CC. The topological polar surface area (TPSA) is 131 Å². The van der Waals surface area contributed by atoms with Crippen LogP contribution in [0, 0.1) is 0 Å². The molecule has 9 heteroatoms. The fourth-order valence-corrected chi connectivity index (χ4v) is 4.51. The molecule has 200 valence electrons. The molecule has 0 aromatic rings. The van der Waals surface area contributed by atoms with E-state index in [-0.39, 0.29) is 12.7 Å². The average molecular weight is 480 g/mol. The van der Waals surface area contributed by atoms with Crippen LogP contribution in [0.15, 0.2) is 0 Å². The van der Waals surface area contributed by atoms with E-state index in [1.165, 1.54) is 0 Å². The second-order valence-corrected chi connectivity index (χ2v) is 9.95. The molecule has 7 unspecified atom stereocenters. The molecule has 33 heavy (non-hydrogen) atoms. The first-order chi connectivity index (χ1) is 15.4. The molecule has 7 atom stereocenters. The summed E-state index contributed by atoms with van der Waals surface area (Å²) in [6.45, 7) is 4.62. The van der Waals surface area contributed by atoms with Crippen LogP contribution in [0.2, 0.25) is 0 Å². The highest BCUT2D eigenvalue weighted by atomic mass is 16.3. The van der Waals surface area contributed by atoms with Crippen molar-refractivity contribution < 1.29 is 30.6 Å². The van der Waals surface area contributed by atoms with Gasteiger partial charge < -0.3 is 30.6 Å². The van der Waals surface area contributed by atoms with Gasteiger partial charge in [0.15, 0.2) is 0 Å².